The molecular formula is C10H14N2O2S. The number of amides is 2. The van der Waals surface area contributed by atoms with E-state index in [0.29, 0.717) is 10.6 Å². The molecule has 5 heteroatoms. The zero-order valence-corrected chi connectivity index (χ0v) is 9.77. The predicted molar refractivity (Wildman–Crippen MR) is 61.0 cm³/mol. The summed E-state index contributed by atoms with van der Waals surface area (Å²) in [5, 5.41) is 3.23. The van der Waals surface area contributed by atoms with Crippen LogP contribution in [-0.2, 0) is 4.79 Å². The molecule has 0 aromatic carbocycles. The molecule has 0 fully saturated rings. The SMILES string of the molecule is Cc1cc(C(N)=O)c(NC(=O)C(C)C)s1. The van der Waals surface area contributed by atoms with Crippen LogP contribution in [0.25, 0.3) is 0 Å². The fourth-order valence-corrected chi connectivity index (χ4v) is 1.97. The van der Waals surface area contributed by atoms with Crippen molar-refractivity contribution in [2.45, 2.75) is 20.8 Å². The van der Waals surface area contributed by atoms with E-state index in [0.717, 1.165) is 4.88 Å². The van der Waals surface area contributed by atoms with Crippen molar-refractivity contribution in [3.05, 3.63) is 16.5 Å². The van der Waals surface area contributed by atoms with E-state index in [-0.39, 0.29) is 11.8 Å². The molecule has 0 spiro atoms. The molecule has 3 N–H and O–H groups in total. The fourth-order valence-electron chi connectivity index (χ4n) is 1.05. The third-order valence-corrected chi connectivity index (χ3v) is 2.85. The van der Waals surface area contributed by atoms with Crippen LogP contribution in [0, 0.1) is 12.8 Å². The van der Waals surface area contributed by atoms with Crippen LogP contribution < -0.4 is 11.1 Å². The molecule has 0 aliphatic carbocycles. The summed E-state index contributed by atoms with van der Waals surface area (Å²) in [7, 11) is 0. The largest absolute Gasteiger partial charge is 0.366 e. The molecule has 0 saturated heterocycles. The molecule has 0 aliphatic rings. The van der Waals surface area contributed by atoms with Gasteiger partial charge in [0.15, 0.2) is 0 Å². The number of carbonyl (C=O) groups excluding carboxylic acids is 2. The summed E-state index contributed by atoms with van der Waals surface area (Å²) < 4.78 is 0. The van der Waals surface area contributed by atoms with Gasteiger partial charge in [-0.1, -0.05) is 13.8 Å². The van der Waals surface area contributed by atoms with Gasteiger partial charge in [0.1, 0.15) is 5.00 Å². The number of thiophene rings is 1. The highest BCUT2D eigenvalue weighted by atomic mass is 32.1. The first kappa shape index (κ1) is 11.7. The molecule has 15 heavy (non-hydrogen) atoms. The van der Waals surface area contributed by atoms with E-state index in [1.54, 1.807) is 19.9 Å². The van der Waals surface area contributed by atoms with Gasteiger partial charge < -0.3 is 11.1 Å². The van der Waals surface area contributed by atoms with Crippen molar-refractivity contribution in [2.75, 3.05) is 5.32 Å². The van der Waals surface area contributed by atoms with Crippen molar-refractivity contribution in [3.8, 4) is 0 Å². The summed E-state index contributed by atoms with van der Waals surface area (Å²) in [5.41, 5.74) is 5.58. The number of rotatable bonds is 3. The molecule has 0 atom stereocenters. The van der Waals surface area contributed by atoms with E-state index >= 15 is 0 Å². The molecule has 0 saturated carbocycles. The lowest BCUT2D eigenvalue weighted by molar-refractivity contribution is -0.118. The lowest BCUT2D eigenvalue weighted by Crippen LogP contribution is -2.20. The van der Waals surface area contributed by atoms with Gasteiger partial charge in [0.05, 0.1) is 5.56 Å². The maximum Gasteiger partial charge on any atom is 0.251 e. The third kappa shape index (κ3) is 2.79. The third-order valence-electron chi connectivity index (χ3n) is 1.88. The van der Waals surface area contributed by atoms with Crippen LogP contribution in [0.3, 0.4) is 0 Å². The molecule has 82 valence electrons. The zero-order valence-electron chi connectivity index (χ0n) is 8.96. The predicted octanol–water partition coefficient (Wildman–Crippen LogP) is 1.75. The fraction of sp³-hybridized carbons (Fsp3) is 0.400. The van der Waals surface area contributed by atoms with Crippen molar-refractivity contribution in [3.63, 3.8) is 0 Å². The Morgan fingerprint density at radius 1 is 1.47 bits per heavy atom. The average Bonchev–Trinajstić information content (AvgIpc) is 2.46. The minimum absolute atomic E-state index is 0.112. The Labute approximate surface area is 92.5 Å². The minimum Gasteiger partial charge on any atom is -0.366 e. The van der Waals surface area contributed by atoms with E-state index in [1.807, 2.05) is 6.92 Å². The number of hydrogen-bond donors (Lipinski definition) is 2. The van der Waals surface area contributed by atoms with E-state index in [9.17, 15) is 9.59 Å². The topological polar surface area (TPSA) is 72.2 Å². The molecule has 0 aliphatic heterocycles. The van der Waals surface area contributed by atoms with Gasteiger partial charge in [-0.2, -0.15) is 0 Å². The lowest BCUT2D eigenvalue weighted by atomic mass is 10.2. The number of nitrogens with one attached hydrogen (secondary N) is 1. The summed E-state index contributed by atoms with van der Waals surface area (Å²) in [6.07, 6.45) is 0. The molecule has 2 amide bonds. The molecule has 0 unspecified atom stereocenters. The van der Waals surface area contributed by atoms with Gasteiger partial charge in [-0.3, -0.25) is 9.59 Å². The molecule has 4 nitrogen and oxygen atoms in total. The second-order valence-corrected chi connectivity index (χ2v) is 4.86. The summed E-state index contributed by atoms with van der Waals surface area (Å²) in [6.45, 7) is 5.45. The Morgan fingerprint density at radius 3 is 2.53 bits per heavy atom. The van der Waals surface area contributed by atoms with Gasteiger partial charge in [-0.25, -0.2) is 0 Å². The van der Waals surface area contributed by atoms with Crippen molar-refractivity contribution in [1.82, 2.24) is 0 Å². The van der Waals surface area contributed by atoms with E-state index < -0.39 is 5.91 Å². The highest BCUT2D eigenvalue weighted by Gasteiger charge is 2.15. The number of anilines is 1. The highest BCUT2D eigenvalue weighted by Crippen LogP contribution is 2.27. The summed E-state index contributed by atoms with van der Waals surface area (Å²) in [6, 6.07) is 1.68. The monoisotopic (exact) mass is 226 g/mol. The smallest absolute Gasteiger partial charge is 0.251 e. The quantitative estimate of drug-likeness (QED) is 0.824. The van der Waals surface area contributed by atoms with Gasteiger partial charge in [0.25, 0.3) is 5.91 Å². The summed E-state index contributed by atoms with van der Waals surface area (Å²) in [4.78, 5) is 23.5. The Morgan fingerprint density at radius 2 is 2.07 bits per heavy atom. The van der Waals surface area contributed by atoms with Crippen LogP contribution >= 0.6 is 11.3 Å². The van der Waals surface area contributed by atoms with Crippen LogP contribution in [0.1, 0.15) is 29.1 Å². The van der Waals surface area contributed by atoms with Crippen LogP contribution in [0.15, 0.2) is 6.07 Å². The van der Waals surface area contributed by atoms with Crippen LogP contribution in [0.4, 0.5) is 5.00 Å². The second kappa shape index (κ2) is 4.44. The zero-order chi connectivity index (χ0) is 11.6. The standard InChI is InChI=1S/C10H14N2O2S/c1-5(2)9(14)12-10-7(8(11)13)4-6(3)15-10/h4-5H,1-3H3,(H2,11,13)(H,12,14). The van der Waals surface area contributed by atoms with E-state index in [1.165, 1.54) is 11.3 Å². The van der Waals surface area contributed by atoms with Crippen molar-refractivity contribution >= 4 is 28.2 Å². The van der Waals surface area contributed by atoms with Crippen molar-refractivity contribution in [2.24, 2.45) is 11.7 Å². The van der Waals surface area contributed by atoms with Gasteiger partial charge >= 0.3 is 0 Å². The maximum atomic E-state index is 11.4. The highest BCUT2D eigenvalue weighted by molar-refractivity contribution is 7.16. The van der Waals surface area contributed by atoms with Gasteiger partial charge in [-0.05, 0) is 13.0 Å². The Bertz CT molecular complexity index is 396. The Kier molecular flexibility index (Phi) is 3.47. The van der Waals surface area contributed by atoms with Crippen LogP contribution in [-0.4, -0.2) is 11.8 Å². The normalized spacial score (nSPS) is 10.4. The minimum atomic E-state index is -0.515. The molecule has 0 bridgehead atoms. The summed E-state index contributed by atoms with van der Waals surface area (Å²) in [5.74, 6) is -0.745. The molecule has 1 aromatic rings. The lowest BCUT2D eigenvalue weighted by Gasteiger charge is -2.06. The molecule has 1 heterocycles. The van der Waals surface area contributed by atoms with Gasteiger partial charge in [0.2, 0.25) is 5.91 Å². The van der Waals surface area contributed by atoms with Crippen molar-refractivity contribution < 1.29 is 9.59 Å². The average molecular weight is 226 g/mol. The first-order chi connectivity index (χ1) is 6.91. The molecule has 1 rings (SSSR count). The van der Waals surface area contributed by atoms with E-state index in [4.69, 9.17) is 5.73 Å². The number of carbonyl (C=O) groups is 2. The molecular weight excluding hydrogens is 212 g/mol. The molecule has 1 aromatic heterocycles. The number of aryl methyl sites for hydroxylation is 1. The first-order valence-corrected chi connectivity index (χ1v) is 5.44. The molecule has 0 radical (unpaired) electrons. The van der Waals surface area contributed by atoms with Crippen molar-refractivity contribution in [1.29, 1.82) is 0 Å². The van der Waals surface area contributed by atoms with Gasteiger partial charge in [0, 0.05) is 10.8 Å². The summed E-state index contributed by atoms with van der Waals surface area (Å²) >= 11 is 1.36. The number of nitrogens with two attached hydrogens (primary N) is 1. The van der Waals surface area contributed by atoms with E-state index in [2.05, 4.69) is 5.32 Å². The van der Waals surface area contributed by atoms with Crippen LogP contribution in [0.5, 0.6) is 0 Å². The Balaban J connectivity index is 2.94. The second-order valence-electron chi connectivity index (χ2n) is 3.61. The number of hydrogen-bond acceptors (Lipinski definition) is 3. The van der Waals surface area contributed by atoms with Gasteiger partial charge in [-0.15, -0.1) is 11.3 Å². The maximum absolute atomic E-state index is 11.4. The first-order valence-electron chi connectivity index (χ1n) is 4.63. The Hall–Kier alpha value is -1.36. The van der Waals surface area contributed by atoms with Crippen LogP contribution in [0.2, 0.25) is 0 Å². The number of primary amides is 1.